The number of halogens is 1. The van der Waals surface area contributed by atoms with E-state index in [1.165, 1.54) is 0 Å². The first-order valence-electron chi connectivity index (χ1n) is 8.40. The van der Waals surface area contributed by atoms with Crippen molar-refractivity contribution in [3.05, 3.63) is 69.7 Å². The highest BCUT2D eigenvalue weighted by Gasteiger charge is 2.13. The predicted octanol–water partition coefficient (Wildman–Crippen LogP) is 4.14. The van der Waals surface area contributed by atoms with Gasteiger partial charge in [0.15, 0.2) is 0 Å². The Bertz CT molecular complexity index is 729. The maximum atomic E-state index is 12.2. The fourth-order valence-electron chi connectivity index (χ4n) is 2.60. The van der Waals surface area contributed by atoms with Crippen molar-refractivity contribution in [3.8, 4) is 0 Å². The number of carbonyl (C=O) groups is 2. The van der Waals surface area contributed by atoms with Crippen molar-refractivity contribution in [1.82, 2.24) is 10.6 Å². The summed E-state index contributed by atoms with van der Waals surface area (Å²) in [5, 5.41) is 5.82. The molecular formula is C20H23BrN2O2. The van der Waals surface area contributed by atoms with Crippen molar-refractivity contribution >= 4 is 27.7 Å². The van der Waals surface area contributed by atoms with E-state index in [-0.39, 0.29) is 24.3 Å². The highest BCUT2D eigenvalue weighted by Crippen LogP contribution is 2.19. The van der Waals surface area contributed by atoms with Crippen molar-refractivity contribution in [3.63, 3.8) is 0 Å². The molecule has 4 nitrogen and oxygen atoms in total. The average molecular weight is 403 g/mol. The summed E-state index contributed by atoms with van der Waals surface area (Å²) in [6.07, 6.45) is 1.06. The van der Waals surface area contributed by atoms with E-state index in [4.69, 9.17) is 0 Å². The van der Waals surface area contributed by atoms with Gasteiger partial charge in [-0.05, 0) is 42.7 Å². The molecule has 2 N–H and O–H groups in total. The number of nitrogens with one attached hydrogen (secondary N) is 2. The summed E-state index contributed by atoms with van der Waals surface area (Å²) in [7, 11) is 0. The summed E-state index contributed by atoms with van der Waals surface area (Å²) in [5.41, 5.74) is 2.64. The maximum absolute atomic E-state index is 12.2. The molecule has 0 aliphatic carbocycles. The number of benzene rings is 2. The van der Waals surface area contributed by atoms with E-state index in [9.17, 15) is 9.59 Å². The van der Waals surface area contributed by atoms with Gasteiger partial charge in [-0.3, -0.25) is 9.59 Å². The standard InChI is InChI=1S/C20H23BrN2O2/c1-3-18(15-8-10-16(21)11-9-15)23-19(24)12-13-22-20(25)17-7-5-4-6-14(17)2/h4-11,18H,3,12-13H2,1-2H3,(H,22,25)(H,23,24). The van der Waals surface area contributed by atoms with Crippen LogP contribution in [0.2, 0.25) is 0 Å². The Kier molecular flexibility index (Phi) is 7.19. The van der Waals surface area contributed by atoms with Gasteiger partial charge in [0, 0.05) is 23.0 Å². The molecule has 2 aromatic rings. The number of hydrogen-bond donors (Lipinski definition) is 2. The maximum Gasteiger partial charge on any atom is 0.251 e. The monoisotopic (exact) mass is 402 g/mol. The lowest BCUT2D eigenvalue weighted by Crippen LogP contribution is -2.33. The van der Waals surface area contributed by atoms with Crippen LogP contribution in [0.4, 0.5) is 0 Å². The number of rotatable bonds is 7. The number of hydrogen-bond acceptors (Lipinski definition) is 2. The molecule has 0 bridgehead atoms. The Morgan fingerprint density at radius 3 is 2.40 bits per heavy atom. The molecule has 0 saturated carbocycles. The lowest BCUT2D eigenvalue weighted by atomic mass is 10.0. The van der Waals surface area contributed by atoms with Crippen molar-refractivity contribution < 1.29 is 9.59 Å². The Morgan fingerprint density at radius 2 is 1.76 bits per heavy atom. The molecular weight excluding hydrogens is 380 g/mol. The van der Waals surface area contributed by atoms with E-state index in [0.717, 1.165) is 22.0 Å². The van der Waals surface area contributed by atoms with Crippen LogP contribution in [-0.4, -0.2) is 18.4 Å². The molecule has 0 saturated heterocycles. The van der Waals surface area contributed by atoms with Crippen LogP contribution in [-0.2, 0) is 4.79 Å². The third-order valence-electron chi connectivity index (χ3n) is 4.04. The SMILES string of the molecule is CCC(NC(=O)CCNC(=O)c1ccccc1C)c1ccc(Br)cc1. The van der Waals surface area contributed by atoms with Crippen LogP contribution in [0.5, 0.6) is 0 Å². The van der Waals surface area contributed by atoms with Crippen LogP contribution in [0.25, 0.3) is 0 Å². The largest absolute Gasteiger partial charge is 0.352 e. The zero-order chi connectivity index (χ0) is 18.2. The Hall–Kier alpha value is -2.14. The first-order valence-corrected chi connectivity index (χ1v) is 9.19. The van der Waals surface area contributed by atoms with Crippen LogP contribution in [0.3, 0.4) is 0 Å². The van der Waals surface area contributed by atoms with E-state index < -0.39 is 0 Å². The third kappa shape index (κ3) is 5.71. The van der Waals surface area contributed by atoms with Crippen molar-refractivity contribution in [2.24, 2.45) is 0 Å². The number of aryl methyl sites for hydroxylation is 1. The van der Waals surface area contributed by atoms with Gasteiger partial charge < -0.3 is 10.6 Å². The predicted molar refractivity (Wildman–Crippen MR) is 103 cm³/mol. The third-order valence-corrected chi connectivity index (χ3v) is 4.57. The van der Waals surface area contributed by atoms with E-state index in [1.54, 1.807) is 6.07 Å². The van der Waals surface area contributed by atoms with Crippen LogP contribution >= 0.6 is 15.9 Å². The second-order valence-electron chi connectivity index (χ2n) is 5.90. The smallest absolute Gasteiger partial charge is 0.251 e. The summed E-state index contributed by atoms with van der Waals surface area (Å²) < 4.78 is 1.01. The van der Waals surface area contributed by atoms with Crippen LogP contribution in [0.1, 0.15) is 47.3 Å². The van der Waals surface area contributed by atoms with Crippen LogP contribution in [0, 0.1) is 6.92 Å². The van der Waals surface area contributed by atoms with Crippen molar-refractivity contribution in [1.29, 1.82) is 0 Å². The van der Waals surface area contributed by atoms with Gasteiger partial charge in [0.25, 0.3) is 5.91 Å². The van der Waals surface area contributed by atoms with E-state index in [2.05, 4.69) is 26.6 Å². The van der Waals surface area contributed by atoms with Gasteiger partial charge in [0.05, 0.1) is 6.04 Å². The van der Waals surface area contributed by atoms with Gasteiger partial charge in [0.1, 0.15) is 0 Å². The Balaban J connectivity index is 1.82. The quantitative estimate of drug-likeness (QED) is 0.730. The molecule has 1 atom stereocenters. The molecule has 0 heterocycles. The highest BCUT2D eigenvalue weighted by atomic mass is 79.9. The molecule has 132 valence electrons. The molecule has 5 heteroatoms. The van der Waals surface area contributed by atoms with Crippen LogP contribution < -0.4 is 10.6 Å². The fraction of sp³-hybridized carbons (Fsp3) is 0.300. The normalized spacial score (nSPS) is 11.6. The van der Waals surface area contributed by atoms with E-state index >= 15 is 0 Å². The first-order chi connectivity index (χ1) is 12.0. The van der Waals surface area contributed by atoms with Gasteiger partial charge in [0.2, 0.25) is 5.91 Å². The Morgan fingerprint density at radius 1 is 1.08 bits per heavy atom. The number of carbonyl (C=O) groups excluding carboxylic acids is 2. The van der Waals surface area contributed by atoms with E-state index in [0.29, 0.717) is 12.1 Å². The second kappa shape index (κ2) is 9.37. The molecule has 2 rings (SSSR count). The topological polar surface area (TPSA) is 58.2 Å². The van der Waals surface area contributed by atoms with Crippen molar-refractivity contribution in [2.75, 3.05) is 6.54 Å². The minimum absolute atomic E-state index is 0.0207. The lowest BCUT2D eigenvalue weighted by molar-refractivity contribution is -0.121. The van der Waals surface area contributed by atoms with Gasteiger partial charge >= 0.3 is 0 Å². The summed E-state index contributed by atoms with van der Waals surface area (Å²) in [5.74, 6) is -0.217. The van der Waals surface area contributed by atoms with Gasteiger partial charge in [-0.1, -0.05) is 53.2 Å². The van der Waals surface area contributed by atoms with Gasteiger partial charge in [-0.25, -0.2) is 0 Å². The molecule has 0 aliphatic heterocycles. The van der Waals surface area contributed by atoms with Crippen molar-refractivity contribution in [2.45, 2.75) is 32.7 Å². The molecule has 0 radical (unpaired) electrons. The van der Waals surface area contributed by atoms with Gasteiger partial charge in [-0.2, -0.15) is 0 Å². The zero-order valence-electron chi connectivity index (χ0n) is 14.5. The molecule has 0 aromatic heterocycles. The highest BCUT2D eigenvalue weighted by molar-refractivity contribution is 9.10. The minimum atomic E-state index is -0.147. The zero-order valence-corrected chi connectivity index (χ0v) is 16.1. The summed E-state index contributed by atoms with van der Waals surface area (Å²) in [6.45, 7) is 4.24. The number of amides is 2. The summed E-state index contributed by atoms with van der Waals surface area (Å²) >= 11 is 3.41. The molecule has 25 heavy (non-hydrogen) atoms. The van der Waals surface area contributed by atoms with Gasteiger partial charge in [-0.15, -0.1) is 0 Å². The minimum Gasteiger partial charge on any atom is -0.352 e. The molecule has 2 amide bonds. The molecule has 0 spiro atoms. The molecule has 0 fully saturated rings. The van der Waals surface area contributed by atoms with Crippen LogP contribution in [0.15, 0.2) is 53.0 Å². The second-order valence-corrected chi connectivity index (χ2v) is 6.82. The molecule has 2 aromatic carbocycles. The Labute approximate surface area is 157 Å². The lowest BCUT2D eigenvalue weighted by Gasteiger charge is -2.18. The summed E-state index contributed by atoms with van der Waals surface area (Å²) in [6, 6.07) is 15.3. The fourth-order valence-corrected chi connectivity index (χ4v) is 2.86. The molecule has 0 aliphatic rings. The molecule has 1 unspecified atom stereocenters. The van der Waals surface area contributed by atoms with E-state index in [1.807, 2.05) is 56.3 Å². The summed E-state index contributed by atoms with van der Waals surface area (Å²) in [4.78, 5) is 24.3. The first kappa shape index (κ1) is 19.2. The average Bonchev–Trinajstić information content (AvgIpc) is 2.61.